The van der Waals surface area contributed by atoms with E-state index in [1.54, 1.807) is 11.3 Å². The minimum atomic E-state index is 0.925. The predicted molar refractivity (Wildman–Crippen MR) is 64.0 cm³/mol. The van der Waals surface area contributed by atoms with Crippen molar-refractivity contribution < 1.29 is 0 Å². The summed E-state index contributed by atoms with van der Waals surface area (Å²) >= 11 is 1.67. The van der Waals surface area contributed by atoms with Gasteiger partial charge in [0.05, 0.1) is 11.2 Å². The fraction of sp³-hybridized carbons (Fsp3) is 0.727. The smallest absolute Gasteiger partial charge is 0.0795 e. The van der Waals surface area contributed by atoms with Crippen molar-refractivity contribution in [1.82, 2.24) is 15.6 Å². The van der Waals surface area contributed by atoms with Gasteiger partial charge in [0.1, 0.15) is 0 Å². The first-order valence-electron chi connectivity index (χ1n) is 5.73. The molecule has 1 aliphatic rings. The van der Waals surface area contributed by atoms with Crippen LogP contribution >= 0.6 is 11.3 Å². The van der Waals surface area contributed by atoms with Gasteiger partial charge in [0.25, 0.3) is 0 Å². The van der Waals surface area contributed by atoms with Gasteiger partial charge < -0.3 is 10.6 Å². The maximum absolute atomic E-state index is 4.25. The Bertz CT molecular complexity index is 255. The zero-order chi connectivity index (χ0) is 10.3. The Balaban J connectivity index is 1.54. The number of hydrogen-bond donors (Lipinski definition) is 2. The number of hydrogen-bond acceptors (Lipinski definition) is 4. The standard InChI is InChI=1S/C11H19N3S/c1-4-12-5-2-10(1)3-6-13-7-11-8-15-9-14-11/h8-10,12-13H,1-7H2. The molecule has 1 fully saturated rings. The average molecular weight is 225 g/mol. The first-order valence-corrected chi connectivity index (χ1v) is 6.68. The molecule has 1 aromatic rings. The molecule has 0 aliphatic carbocycles. The van der Waals surface area contributed by atoms with E-state index in [2.05, 4.69) is 21.0 Å². The van der Waals surface area contributed by atoms with Gasteiger partial charge in [0, 0.05) is 11.9 Å². The summed E-state index contributed by atoms with van der Waals surface area (Å²) < 4.78 is 0. The van der Waals surface area contributed by atoms with Crippen molar-refractivity contribution in [3.63, 3.8) is 0 Å². The Kier molecular flexibility index (Phi) is 4.57. The molecule has 2 heterocycles. The second-order valence-electron chi connectivity index (χ2n) is 4.14. The molecule has 0 amide bonds. The minimum Gasteiger partial charge on any atom is -0.317 e. The Hall–Kier alpha value is -0.450. The number of aromatic nitrogens is 1. The van der Waals surface area contributed by atoms with Crippen molar-refractivity contribution in [2.75, 3.05) is 19.6 Å². The third-order valence-corrected chi connectivity index (χ3v) is 3.61. The quantitative estimate of drug-likeness (QED) is 0.748. The topological polar surface area (TPSA) is 37.0 Å². The lowest BCUT2D eigenvalue weighted by Crippen LogP contribution is -2.29. The number of nitrogens with zero attached hydrogens (tertiary/aromatic N) is 1. The van der Waals surface area contributed by atoms with Crippen LogP contribution in [0.3, 0.4) is 0 Å². The van der Waals surface area contributed by atoms with Crippen LogP contribution in [0.15, 0.2) is 10.9 Å². The molecule has 84 valence electrons. The van der Waals surface area contributed by atoms with E-state index in [0.717, 1.165) is 19.0 Å². The normalized spacial score (nSPS) is 18.1. The van der Waals surface area contributed by atoms with Gasteiger partial charge in [-0.15, -0.1) is 11.3 Å². The summed E-state index contributed by atoms with van der Waals surface area (Å²) in [6, 6.07) is 0. The van der Waals surface area contributed by atoms with E-state index < -0.39 is 0 Å². The van der Waals surface area contributed by atoms with Gasteiger partial charge in [0.15, 0.2) is 0 Å². The van der Waals surface area contributed by atoms with Crippen molar-refractivity contribution in [1.29, 1.82) is 0 Å². The van der Waals surface area contributed by atoms with Crippen LogP contribution in [-0.4, -0.2) is 24.6 Å². The molecule has 1 aromatic heterocycles. The van der Waals surface area contributed by atoms with Gasteiger partial charge in [-0.25, -0.2) is 4.98 Å². The summed E-state index contributed by atoms with van der Waals surface area (Å²) in [6.07, 6.45) is 4.00. The lowest BCUT2D eigenvalue weighted by Gasteiger charge is -2.22. The second kappa shape index (κ2) is 6.20. The van der Waals surface area contributed by atoms with Gasteiger partial charge in [-0.3, -0.25) is 0 Å². The third-order valence-electron chi connectivity index (χ3n) is 2.98. The van der Waals surface area contributed by atoms with Crippen LogP contribution in [0.25, 0.3) is 0 Å². The fourth-order valence-corrected chi connectivity index (χ4v) is 2.58. The number of rotatable bonds is 5. The van der Waals surface area contributed by atoms with E-state index in [1.807, 2.05) is 5.51 Å². The summed E-state index contributed by atoms with van der Waals surface area (Å²) in [6.45, 7) is 4.46. The molecular formula is C11H19N3S. The van der Waals surface area contributed by atoms with Gasteiger partial charge in [0.2, 0.25) is 0 Å². The maximum Gasteiger partial charge on any atom is 0.0795 e. The summed E-state index contributed by atoms with van der Waals surface area (Å²) in [4.78, 5) is 4.25. The lowest BCUT2D eigenvalue weighted by atomic mass is 9.95. The first-order chi connectivity index (χ1) is 7.45. The Morgan fingerprint density at radius 3 is 3.07 bits per heavy atom. The van der Waals surface area contributed by atoms with Gasteiger partial charge in [-0.2, -0.15) is 0 Å². The summed E-state index contributed by atoms with van der Waals surface area (Å²) in [7, 11) is 0. The van der Waals surface area contributed by atoms with Crippen LogP contribution in [0.4, 0.5) is 0 Å². The highest BCUT2D eigenvalue weighted by atomic mass is 32.1. The van der Waals surface area contributed by atoms with Crippen LogP contribution in [0, 0.1) is 5.92 Å². The maximum atomic E-state index is 4.25. The molecule has 0 bridgehead atoms. The van der Waals surface area contributed by atoms with E-state index in [-0.39, 0.29) is 0 Å². The molecule has 2 rings (SSSR count). The van der Waals surface area contributed by atoms with Gasteiger partial charge >= 0.3 is 0 Å². The molecule has 0 saturated carbocycles. The highest BCUT2D eigenvalue weighted by molar-refractivity contribution is 7.07. The number of nitrogens with one attached hydrogen (secondary N) is 2. The Morgan fingerprint density at radius 1 is 1.47 bits per heavy atom. The van der Waals surface area contributed by atoms with Crippen LogP contribution in [0.5, 0.6) is 0 Å². The van der Waals surface area contributed by atoms with Crippen molar-refractivity contribution in [2.45, 2.75) is 25.8 Å². The molecule has 0 unspecified atom stereocenters. The largest absolute Gasteiger partial charge is 0.317 e. The molecule has 2 N–H and O–H groups in total. The van der Waals surface area contributed by atoms with E-state index in [0.29, 0.717) is 0 Å². The molecule has 1 saturated heterocycles. The van der Waals surface area contributed by atoms with Crippen LogP contribution in [-0.2, 0) is 6.54 Å². The summed E-state index contributed by atoms with van der Waals surface area (Å²) in [5.74, 6) is 0.925. The average Bonchev–Trinajstić information content (AvgIpc) is 2.79. The number of thiazole rings is 1. The highest BCUT2D eigenvalue weighted by Gasteiger charge is 2.11. The summed E-state index contributed by atoms with van der Waals surface area (Å²) in [5, 5.41) is 8.97. The third kappa shape index (κ3) is 3.89. The van der Waals surface area contributed by atoms with Crippen molar-refractivity contribution in [2.24, 2.45) is 5.92 Å². The molecule has 0 spiro atoms. The molecule has 3 nitrogen and oxygen atoms in total. The molecule has 1 aliphatic heterocycles. The zero-order valence-corrected chi connectivity index (χ0v) is 9.85. The molecule has 4 heteroatoms. The second-order valence-corrected chi connectivity index (χ2v) is 4.86. The molecule has 0 aromatic carbocycles. The zero-order valence-electron chi connectivity index (χ0n) is 9.04. The van der Waals surface area contributed by atoms with Gasteiger partial charge in [-0.1, -0.05) is 0 Å². The Morgan fingerprint density at radius 2 is 2.33 bits per heavy atom. The van der Waals surface area contributed by atoms with Crippen LogP contribution < -0.4 is 10.6 Å². The van der Waals surface area contributed by atoms with E-state index in [9.17, 15) is 0 Å². The van der Waals surface area contributed by atoms with Crippen molar-refractivity contribution >= 4 is 11.3 Å². The SMILES string of the molecule is c1nc(CNCCC2CCNCC2)cs1. The minimum absolute atomic E-state index is 0.925. The van der Waals surface area contributed by atoms with E-state index >= 15 is 0 Å². The number of piperidine rings is 1. The lowest BCUT2D eigenvalue weighted by molar-refractivity contribution is 0.348. The van der Waals surface area contributed by atoms with Crippen molar-refractivity contribution in [3.8, 4) is 0 Å². The monoisotopic (exact) mass is 225 g/mol. The predicted octanol–water partition coefficient (Wildman–Crippen LogP) is 1.62. The van der Waals surface area contributed by atoms with E-state index in [1.165, 1.54) is 38.0 Å². The van der Waals surface area contributed by atoms with Crippen LogP contribution in [0.1, 0.15) is 25.0 Å². The highest BCUT2D eigenvalue weighted by Crippen LogP contribution is 2.14. The first kappa shape index (κ1) is 11.0. The van der Waals surface area contributed by atoms with E-state index in [4.69, 9.17) is 0 Å². The van der Waals surface area contributed by atoms with Crippen LogP contribution in [0.2, 0.25) is 0 Å². The molecule has 15 heavy (non-hydrogen) atoms. The fourth-order valence-electron chi connectivity index (χ4n) is 2.02. The molecule has 0 radical (unpaired) electrons. The van der Waals surface area contributed by atoms with Gasteiger partial charge in [-0.05, 0) is 44.8 Å². The summed E-state index contributed by atoms with van der Waals surface area (Å²) in [5.41, 5.74) is 3.06. The Labute approximate surface area is 95.3 Å². The molecule has 0 atom stereocenters. The molecular weight excluding hydrogens is 206 g/mol. The van der Waals surface area contributed by atoms with Crippen molar-refractivity contribution in [3.05, 3.63) is 16.6 Å².